The first-order valence-corrected chi connectivity index (χ1v) is 11.2. The molecule has 0 saturated carbocycles. The second-order valence-electron chi connectivity index (χ2n) is 8.44. The van der Waals surface area contributed by atoms with Gasteiger partial charge in [0.25, 0.3) is 11.5 Å². The zero-order chi connectivity index (χ0) is 24.9. The number of carbonyl (C=O) groups excluding carboxylic acids is 1. The number of nitrogens with zero attached hydrogens (tertiary/aromatic N) is 3. The summed E-state index contributed by atoms with van der Waals surface area (Å²) < 4.78 is 16.2. The van der Waals surface area contributed by atoms with E-state index in [1.165, 1.54) is 18.2 Å². The lowest BCUT2D eigenvalue weighted by Crippen LogP contribution is -2.46. The fraction of sp³-hybridized carbons (Fsp3) is 0.185. The van der Waals surface area contributed by atoms with Crippen molar-refractivity contribution in [2.45, 2.75) is 32.9 Å². The van der Waals surface area contributed by atoms with Crippen molar-refractivity contribution in [1.29, 1.82) is 0 Å². The van der Waals surface area contributed by atoms with Gasteiger partial charge in [-0.2, -0.15) is 9.78 Å². The van der Waals surface area contributed by atoms with Gasteiger partial charge in [0.05, 0.1) is 12.2 Å². The Morgan fingerprint density at radius 3 is 2.26 bits per heavy atom. The second kappa shape index (κ2) is 10.3. The fourth-order valence-corrected chi connectivity index (χ4v) is 3.62. The van der Waals surface area contributed by atoms with Crippen LogP contribution in [0.25, 0.3) is 5.69 Å². The lowest BCUT2D eigenvalue weighted by Gasteiger charge is -2.13. The predicted molar refractivity (Wildman–Crippen MR) is 131 cm³/mol. The molecule has 0 radical (unpaired) electrons. The van der Waals surface area contributed by atoms with E-state index >= 15 is 0 Å². The summed E-state index contributed by atoms with van der Waals surface area (Å²) in [6, 6.07) is 22.2. The van der Waals surface area contributed by atoms with E-state index in [0.29, 0.717) is 5.69 Å². The summed E-state index contributed by atoms with van der Waals surface area (Å²) in [5, 5.41) is 6.80. The predicted octanol–water partition coefficient (Wildman–Crippen LogP) is 3.64. The molecule has 1 aromatic heterocycles. The van der Waals surface area contributed by atoms with Crippen molar-refractivity contribution in [1.82, 2.24) is 19.7 Å². The molecule has 7 nitrogen and oxygen atoms in total. The number of carbonyl (C=O) groups is 1. The van der Waals surface area contributed by atoms with E-state index in [1.807, 2.05) is 56.3 Å². The summed E-state index contributed by atoms with van der Waals surface area (Å²) in [5.41, 5.74) is 0.320. The Kier molecular flexibility index (Phi) is 7.01. The topological polar surface area (TPSA) is 86.0 Å². The van der Waals surface area contributed by atoms with Crippen LogP contribution in [-0.2, 0) is 13.1 Å². The number of rotatable bonds is 7. The molecule has 0 saturated heterocycles. The van der Waals surface area contributed by atoms with Gasteiger partial charge in [-0.25, -0.2) is 9.18 Å². The quantitative estimate of drug-likeness (QED) is 0.445. The molecule has 0 aliphatic heterocycles. The van der Waals surface area contributed by atoms with Crippen LogP contribution in [0.15, 0.2) is 88.5 Å². The Balaban J connectivity index is 1.79. The molecule has 0 atom stereocenters. The Morgan fingerprint density at radius 2 is 1.60 bits per heavy atom. The first kappa shape index (κ1) is 23.8. The summed E-state index contributed by atoms with van der Waals surface area (Å²) >= 11 is 0. The standard InChI is InChI=1S/C27H25FN4O3/c1-18(2)20-12-14-22(15-13-20)32-27(35)31(17-21-10-6-7-11-23(21)28)26(34)24(30-32)25(33)29-16-19-8-4-3-5-9-19/h3-15,18H,16-17H2,1-2H3,(H,29,33). The Bertz CT molecular complexity index is 1460. The zero-order valence-corrected chi connectivity index (χ0v) is 19.4. The van der Waals surface area contributed by atoms with Gasteiger partial charge in [0.15, 0.2) is 0 Å². The molecule has 0 aliphatic carbocycles. The van der Waals surface area contributed by atoms with Crippen molar-refractivity contribution in [2.75, 3.05) is 0 Å². The van der Waals surface area contributed by atoms with Crippen molar-refractivity contribution in [3.05, 3.63) is 128 Å². The summed E-state index contributed by atoms with van der Waals surface area (Å²) in [4.78, 5) is 39.4. The number of nitrogens with one attached hydrogen (secondary N) is 1. The van der Waals surface area contributed by atoms with Gasteiger partial charge in [-0.3, -0.25) is 14.2 Å². The van der Waals surface area contributed by atoms with E-state index in [1.54, 1.807) is 18.2 Å². The molecule has 1 amide bonds. The normalized spacial score (nSPS) is 11.0. The summed E-state index contributed by atoms with van der Waals surface area (Å²) in [5.74, 6) is -1.00. The molecule has 1 heterocycles. The number of hydrogen-bond donors (Lipinski definition) is 1. The molecular weight excluding hydrogens is 447 g/mol. The second-order valence-corrected chi connectivity index (χ2v) is 8.44. The number of halogens is 1. The highest BCUT2D eigenvalue weighted by Gasteiger charge is 2.21. The van der Waals surface area contributed by atoms with Crippen LogP contribution in [0.2, 0.25) is 0 Å². The summed E-state index contributed by atoms with van der Waals surface area (Å²) in [6.07, 6.45) is 0. The van der Waals surface area contributed by atoms with Crippen molar-refractivity contribution in [3.63, 3.8) is 0 Å². The molecule has 0 fully saturated rings. The average Bonchev–Trinajstić information content (AvgIpc) is 2.87. The Hall–Kier alpha value is -4.33. The third-order valence-electron chi connectivity index (χ3n) is 5.66. The van der Waals surface area contributed by atoms with Gasteiger partial charge in [0, 0.05) is 12.1 Å². The van der Waals surface area contributed by atoms with E-state index in [2.05, 4.69) is 10.4 Å². The summed E-state index contributed by atoms with van der Waals surface area (Å²) in [6.45, 7) is 3.93. The Morgan fingerprint density at radius 1 is 0.943 bits per heavy atom. The number of benzene rings is 3. The molecule has 0 aliphatic rings. The third-order valence-corrected chi connectivity index (χ3v) is 5.66. The molecular formula is C27H25FN4O3. The highest BCUT2D eigenvalue weighted by atomic mass is 19.1. The van der Waals surface area contributed by atoms with Crippen LogP contribution in [0.1, 0.15) is 46.9 Å². The van der Waals surface area contributed by atoms with Crippen molar-refractivity contribution in [2.24, 2.45) is 0 Å². The molecule has 35 heavy (non-hydrogen) atoms. The van der Waals surface area contributed by atoms with Crippen molar-refractivity contribution < 1.29 is 9.18 Å². The maximum Gasteiger partial charge on any atom is 0.352 e. The fourth-order valence-electron chi connectivity index (χ4n) is 3.62. The smallest absolute Gasteiger partial charge is 0.346 e. The van der Waals surface area contributed by atoms with Crippen LogP contribution in [0.3, 0.4) is 0 Å². The van der Waals surface area contributed by atoms with Crippen LogP contribution in [0.5, 0.6) is 0 Å². The van der Waals surface area contributed by atoms with Gasteiger partial charge in [0.2, 0.25) is 5.69 Å². The Labute approximate surface area is 201 Å². The molecule has 0 unspecified atom stereocenters. The van der Waals surface area contributed by atoms with Gasteiger partial charge >= 0.3 is 5.69 Å². The van der Waals surface area contributed by atoms with Gasteiger partial charge in [-0.05, 0) is 35.2 Å². The lowest BCUT2D eigenvalue weighted by atomic mass is 10.0. The highest BCUT2D eigenvalue weighted by Crippen LogP contribution is 2.16. The molecule has 0 bridgehead atoms. The monoisotopic (exact) mass is 472 g/mol. The van der Waals surface area contributed by atoms with Crippen LogP contribution in [-0.4, -0.2) is 20.3 Å². The lowest BCUT2D eigenvalue weighted by molar-refractivity contribution is 0.0941. The molecule has 178 valence electrons. The highest BCUT2D eigenvalue weighted by molar-refractivity contribution is 5.91. The first-order chi connectivity index (χ1) is 16.8. The molecule has 8 heteroatoms. The van der Waals surface area contributed by atoms with E-state index in [0.717, 1.165) is 20.4 Å². The molecule has 3 aromatic carbocycles. The maximum absolute atomic E-state index is 14.3. The van der Waals surface area contributed by atoms with Gasteiger partial charge in [-0.15, -0.1) is 0 Å². The zero-order valence-electron chi connectivity index (χ0n) is 19.4. The van der Waals surface area contributed by atoms with Gasteiger partial charge in [0.1, 0.15) is 5.82 Å². The van der Waals surface area contributed by atoms with E-state index in [4.69, 9.17) is 0 Å². The molecule has 0 spiro atoms. The van der Waals surface area contributed by atoms with Gasteiger partial charge in [-0.1, -0.05) is 74.5 Å². The first-order valence-electron chi connectivity index (χ1n) is 11.2. The molecule has 4 aromatic rings. The van der Waals surface area contributed by atoms with Crippen molar-refractivity contribution in [3.8, 4) is 5.69 Å². The molecule has 4 rings (SSSR count). The largest absolute Gasteiger partial charge is 0.352 e. The minimum atomic E-state index is -0.890. The number of hydrogen-bond acceptors (Lipinski definition) is 4. The van der Waals surface area contributed by atoms with E-state index in [9.17, 15) is 18.8 Å². The number of aromatic nitrogens is 3. The van der Waals surface area contributed by atoms with Gasteiger partial charge < -0.3 is 5.32 Å². The van der Waals surface area contributed by atoms with Crippen molar-refractivity contribution >= 4 is 5.91 Å². The van der Waals surface area contributed by atoms with Crippen LogP contribution in [0, 0.1) is 5.82 Å². The van der Waals surface area contributed by atoms with E-state index < -0.39 is 28.7 Å². The minimum Gasteiger partial charge on any atom is -0.346 e. The number of amides is 1. The van der Waals surface area contributed by atoms with Crippen LogP contribution in [0.4, 0.5) is 4.39 Å². The van der Waals surface area contributed by atoms with Crippen LogP contribution >= 0.6 is 0 Å². The van der Waals surface area contributed by atoms with Crippen LogP contribution < -0.4 is 16.6 Å². The maximum atomic E-state index is 14.3. The average molecular weight is 473 g/mol. The minimum absolute atomic E-state index is 0.148. The SMILES string of the molecule is CC(C)c1ccc(-n2nc(C(=O)NCc3ccccc3)c(=O)n(Cc3ccccc3F)c2=O)cc1. The molecule has 1 N–H and O–H groups in total. The third kappa shape index (κ3) is 5.27. The summed E-state index contributed by atoms with van der Waals surface area (Å²) in [7, 11) is 0. The van der Waals surface area contributed by atoms with E-state index in [-0.39, 0.29) is 24.6 Å².